The van der Waals surface area contributed by atoms with Gasteiger partial charge in [-0.25, -0.2) is 5.43 Å². The first-order chi connectivity index (χ1) is 7.15. The van der Waals surface area contributed by atoms with Crippen molar-refractivity contribution in [1.82, 2.24) is 10.7 Å². The first-order valence-corrected chi connectivity index (χ1v) is 5.36. The van der Waals surface area contributed by atoms with Crippen molar-refractivity contribution in [1.29, 1.82) is 0 Å². The fourth-order valence-corrected chi connectivity index (χ4v) is 1.98. The standard InChI is InChI=1S/C12H21N3/c1-9-6-10(2)12(11(3)7-9)4-5-14-8-15-13/h6-7,14-15H,4-5,8,13H2,1-3H3. The normalized spacial score (nSPS) is 10.7. The lowest BCUT2D eigenvalue weighted by atomic mass is 9.97. The van der Waals surface area contributed by atoms with Crippen LogP contribution in [0.1, 0.15) is 22.3 Å². The Morgan fingerprint density at radius 2 is 1.73 bits per heavy atom. The predicted molar refractivity (Wildman–Crippen MR) is 64.5 cm³/mol. The van der Waals surface area contributed by atoms with Crippen LogP contribution in [0.4, 0.5) is 0 Å². The summed E-state index contributed by atoms with van der Waals surface area (Å²) in [6, 6.07) is 4.48. The Labute approximate surface area is 92.0 Å². The van der Waals surface area contributed by atoms with Gasteiger partial charge >= 0.3 is 0 Å². The van der Waals surface area contributed by atoms with E-state index in [9.17, 15) is 0 Å². The molecule has 0 fully saturated rings. The number of hydrogen-bond acceptors (Lipinski definition) is 3. The fourth-order valence-electron chi connectivity index (χ4n) is 1.98. The molecule has 0 spiro atoms. The zero-order valence-electron chi connectivity index (χ0n) is 9.85. The smallest absolute Gasteiger partial charge is 0.0587 e. The lowest BCUT2D eigenvalue weighted by Gasteiger charge is -2.11. The van der Waals surface area contributed by atoms with E-state index in [0.29, 0.717) is 6.67 Å². The molecule has 1 aromatic carbocycles. The van der Waals surface area contributed by atoms with Gasteiger partial charge < -0.3 is 5.32 Å². The highest BCUT2D eigenvalue weighted by atomic mass is 15.3. The molecule has 0 bridgehead atoms. The SMILES string of the molecule is Cc1cc(C)c(CCNCNN)c(C)c1. The lowest BCUT2D eigenvalue weighted by molar-refractivity contribution is 0.600. The van der Waals surface area contributed by atoms with E-state index in [0.717, 1.165) is 13.0 Å². The summed E-state index contributed by atoms with van der Waals surface area (Å²) in [6.45, 7) is 8.10. The third-order valence-electron chi connectivity index (χ3n) is 2.62. The van der Waals surface area contributed by atoms with Gasteiger partial charge in [-0.05, 0) is 43.9 Å². The molecule has 0 aromatic heterocycles. The summed E-state index contributed by atoms with van der Waals surface area (Å²) >= 11 is 0. The highest BCUT2D eigenvalue weighted by molar-refractivity contribution is 5.37. The molecule has 0 aliphatic heterocycles. The largest absolute Gasteiger partial charge is 0.303 e. The Kier molecular flexibility index (Phi) is 4.75. The molecule has 0 aliphatic carbocycles. The number of nitrogens with one attached hydrogen (secondary N) is 2. The van der Waals surface area contributed by atoms with E-state index < -0.39 is 0 Å². The first-order valence-electron chi connectivity index (χ1n) is 5.36. The highest BCUT2D eigenvalue weighted by Crippen LogP contribution is 2.16. The van der Waals surface area contributed by atoms with Crippen LogP contribution in [0.5, 0.6) is 0 Å². The maximum Gasteiger partial charge on any atom is 0.0587 e. The van der Waals surface area contributed by atoms with Crippen LogP contribution >= 0.6 is 0 Å². The van der Waals surface area contributed by atoms with E-state index in [2.05, 4.69) is 43.6 Å². The molecule has 1 rings (SSSR count). The van der Waals surface area contributed by atoms with Crippen LogP contribution in [-0.4, -0.2) is 13.2 Å². The van der Waals surface area contributed by atoms with Gasteiger partial charge in [0.1, 0.15) is 0 Å². The van der Waals surface area contributed by atoms with Crippen LogP contribution < -0.4 is 16.6 Å². The van der Waals surface area contributed by atoms with Crippen molar-refractivity contribution in [3.63, 3.8) is 0 Å². The van der Waals surface area contributed by atoms with E-state index in [1.54, 1.807) is 0 Å². The van der Waals surface area contributed by atoms with Gasteiger partial charge in [0.25, 0.3) is 0 Å². The summed E-state index contributed by atoms with van der Waals surface area (Å²) < 4.78 is 0. The summed E-state index contributed by atoms with van der Waals surface area (Å²) in [7, 11) is 0. The molecule has 3 nitrogen and oxygen atoms in total. The maximum absolute atomic E-state index is 5.18. The summed E-state index contributed by atoms with van der Waals surface area (Å²) in [5, 5.41) is 3.22. The van der Waals surface area contributed by atoms with E-state index in [1.807, 2.05) is 0 Å². The van der Waals surface area contributed by atoms with Crippen LogP contribution in [0.3, 0.4) is 0 Å². The second-order valence-electron chi connectivity index (χ2n) is 4.01. The number of hydrogen-bond donors (Lipinski definition) is 3. The molecule has 3 heteroatoms. The summed E-state index contributed by atoms with van der Waals surface area (Å²) in [5.41, 5.74) is 8.14. The van der Waals surface area contributed by atoms with Gasteiger partial charge in [-0.1, -0.05) is 17.7 Å². The van der Waals surface area contributed by atoms with Crippen LogP contribution in [0.2, 0.25) is 0 Å². The molecular weight excluding hydrogens is 186 g/mol. The van der Waals surface area contributed by atoms with E-state index in [4.69, 9.17) is 5.84 Å². The van der Waals surface area contributed by atoms with Gasteiger partial charge in [0.2, 0.25) is 0 Å². The number of aryl methyl sites for hydroxylation is 3. The summed E-state index contributed by atoms with van der Waals surface area (Å²) in [5.74, 6) is 5.18. The number of benzene rings is 1. The molecule has 15 heavy (non-hydrogen) atoms. The number of nitrogens with two attached hydrogens (primary N) is 1. The van der Waals surface area contributed by atoms with Gasteiger partial charge in [0, 0.05) is 6.54 Å². The Bertz CT molecular complexity index is 298. The summed E-state index contributed by atoms with van der Waals surface area (Å²) in [6.07, 6.45) is 1.06. The predicted octanol–water partition coefficient (Wildman–Crippen LogP) is 1.16. The molecule has 0 saturated carbocycles. The Hall–Kier alpha value is -0.900. The van der Waals surface area contributed by atoms with Crippen LogP contribution in [-0.2, 0) is 6.42 Å². The first kappa shape index (κ1) is 12.2. The zero-order chi connectivity index (χ0) is 11.3. The molecule has 0 unspecified atom stereocenters. The zero-order valence-corrected chi connectivity index (χ0v) is 9.85. The Morgan fingerprint density at radius 3 is 2.27 bits per heavy atom. The third-order valence-corrected chi connectivity index (χ3v) is 2.62. The van der Waals surface area contributed by atoms with Crippen molar-refractivity contribution in [2.45, 2.75) is 27.2 Å². The average Bonchev–Trinajstić information content (AvgIpc) is 2.15. The second-order valence-corrected chi connectivity index (χ2v) is 4.01. The molecule has 0 saturated heterocycles. The van der Waals surface area contributed by atoms with Crippen LogP contribution in [0.15, 0.2) is 12.1 Å². The third kappa shape index (κ3) is 3.63. The minimum absolute atomic E-state index is 0.657. The van der Waals surface area contributed by atoms with Gasteiger partial charge in [0.05, 0.1) is 6.67 Å². The average molecular weight is 207 g/mol. The summed E-state index contributed by atoms with van der Waals surface area (Å²) in [4.78, 5) is 0. The quantitative estimate of drug-likeness (QED) is 0.294. The molecule has 0 amide bonds. The van der Waals surface area contributed by atoms with Crippen molar-refractivity contribution in [3.05, 3.63) is 34.4 Å². The Morgan fingerprint density at radius 1 is 1.13 bits per heavy atom. The minimum atomic E-state index is 0.657. The minimum Gasteiger partial charge on any atom is -0.303 e. The molecule has 0 radical (unpaired) electrons. The van der Waals surface area contributed by atoms with Crippen molar-refractivity contribution in [3.8, 4) is 0 Å². The highest BCUT2D eigenvalue weighted by Gasteiger charge is 2.02. The fraction of sp³-hybridized carbons (Fsp3) is 0.500. The van der Waals surface area contributed by atoms with Crippen molar-refractivity contribution < 1.29 is 0 Å². The van der Waals surface area contributed by atoms with Gasteiger partial charge in [-0.3, -0.25) is 5.84 Å². The van der Waals surface area contributed by atoms with Crippen molar-refractivity contribution >= 4 is 0 Å². The Balaban J connectivity index is 2.60. The molecule has 0 aliphatic rings. The molecule has 84 valence electrons. The van der Waals surface area contributed by atoms with Crippen molar-refractivity contribution in [2.24, 2.45) is 5.84 Å². The van der Waals surface area contributed by atoms with Gasteiger partial charge in [0.15, 0.2) is 0 Å². The van der Waals surface area contributed by atoms with Gasteiger partial charge in [-0.2, -0.15) is 0 Å². The lowest BCUT2D eigenvalue weighted by Crippen LogP contribution is -2.34. The molecular formula is C12H21N3. The number of rotatable bonds is 5. The molecule has 0 atom stereocenters. The van der Waals surface area contributed by atoms with E-state index >= 15 is 0 Å². The van der Waals surface area contributed by atoms with Crippen LogP contribution in [0, 0.1) is 20.8 Å². The van der Waals surface area contributed by atoms with Crippen molar-refractivity contribution in [2.75, 3.05) is 13.2 Å². The molecule has 1 aromatic rings. The molecule has 4 N–H and O–H groups in total. The van der Waals surface area contributed by atoms with E-state index in [-0.39, 0.29) is 0 Å². The van der Waals surface area contributed by atoms with E-state index in [1.165, 1.54) is 22.3 Å². The monoisotopic (exact) mass is 207 g/mol. The maximum atomic E-state index is 5.18. The second kappa shape index (κ2) is 5.85. The molecule has 0 heterocycles. The topological polar surface area (TPSA) is 50.1 Å². The van der Waals surface area contributed by atoms with Gasteiger partial charge in [-0.15, -0.1) is 0 Å². The number of hydrazine groups is 1. The van der Waals surface area contributed by atoms with Crippen LogP contribution in [0.25, 0.3) is 0 Å².